The normalized spacial score (nSPS) is 13.7. The van der Waals surface area contributed by atoms with E-state index in [2.05, 4.69) is 15.8 Å². The molecule has 0 unspecified atom stereocenters. The Kier molecular flexibility index (Phi) is 5.47. The number of thiophene rings is 1. The van der Waals surface area contributed by atoms with Crippen molar-refractivity contribution in [2.45, 2.75) is 39.0 Å². The number of aromatic nitrogens is 1. The van der Waals surface area contributed by atoms with Gasteiger partial charge >= 0.3 is 5.97 Å². The number of fused-ring (bicyclic) bond motifs is 1. The molecule has 0 spiro atoms. The maximum Gasteiger partial charge on any atom is 0.341 e. The highest BCUT2D eigenvalue weighted by molar-refractivity contribution is 7.80. The maximum atomic E-state index is 12.5. The smallest absolute Gasteiger partial charge is 0.341 e. The van der Waals surface area contributed by atoms with E-state index in [0.717, 1.165) is 36.2 Å². The van der Waals surface area contributed by atoms with Crippen LogP contribution in [-0.4, -0.2) is 22.8 Å². The van der Waals surface area contributed by atoms with Gasteiger partial charge < -0.3 is 19.9 Å². The second kappa shape index (κ2) is 7.76. The van der Waals surface area contributed by atoms with Crippen LogP contribution in [0.15, 0.2) is 16.9 Å². The summed E-state index contributed by atoms with van der Waals surface area (Å²) in [6.45, 7) is 2.16. The number of aryl methyl sites for hydroxylation is 1. The van der Waals surface area contributed by atoms with Crippen LogP contribution >= 0.6 is 23.6 Å². The Morgan fingerprint density at radius 1 is 1.38 bits per heavy atom. The number of carbonyl (C=O) groups is 1. The van der Waals surface area contributed by atoms with Crippen molar-refractivity contribution in [2.75, 3.05) is 17.2 Å². The lowest BCUT2D eigenvalue weighted by molar-refractivity contribution is 0.0527. The third-order valence-electron chi connectivity index (χ3n) is 3.81. The van der Waals surface area contributed by atoms with Gasteiger partial charge in [-0.05, 0) is 50.4 Å². The Morgan fingerprint density at radius 3 is 2.96 bits per heavy atom. The molecule has 0 radical (unpaired) electrons. The highest BCUT2D eigenvalue weighted by atomic mass is 32.1. The van der Waals surface area contributed by atoms with Gasteiger partial charge in [0.2, 0.25) is 0 Å². The summed E-state index contributed by atoms with van der Waals surface area (Å²) in [5, 5.41) is 10.9. The number of ether oxygens (including phenoxy) is 1. The Morgan fingerprint density at radius 2 is 2.21 bits per heavy atom. The first kappa shape index (κ1) is 16.9. The van der Waals surface area contributed by atoms with E-state index in [-0.39, 0.29) is 5.97 Å². The Hall–Kier alpha value is -1.93. The number of carbonyl (C=O) groups excluding carboxylic acids is 1. The number of nitrogens with zero attached hydrogens (tertiary/aromatic N) is 1. The SMILES string of the molecule is CCOC(=O)c1c(NC(=S)Nc2ccon2)sc2c1CCCCC2. The van der Waals surface area contributed by atoms with E-state index in [9.17, 15) is 4.79 Å². The molecule has 0 saturated carbocycles. The van der Waals surface area contributed by atoms with Gasteiger partial charge in [0.25, 0.3) is 0 Å². The van der Waals surface area contributed by atoms with Crippen LogP contribution in [0.4, 0.5) is 10.8 Å². The summed E-state index contributed by atoms with van der Waals surface area (Å²) in [4.78, 5) is 13.7. The monoisotopic (exact) mass is 365 g/mol. The predicted octanol–water partition coefficient (Wildman–Crippen LogP) is 3.99. The number of anilines is 2. The Bertz CT molecular complexity index is 725. The molecule has 1 aliphatic carbocycles. The largest absolute Gasteiger partial charge is 0.462 e. The molecule has 8 heteroatoms. The first-order valence-electron chi connectivity index (χ1n) is 7.99. The van der Waals surface area contributed by atoms with Crippen molar-refractivity contribution in [3.8, 4) is 0 Å². The van der Waals surface area contributed by atoms with Gasteiger partial charge in [-0.2, -0.15) is 0 Å². The molecular formula is C16H19N3O3S2. The first-order chi connectivity index (χ1) is 11.7. The molecule has 128 valence electrons. The molecule has 0 fully saturated rings. The fourth-order valence-electron chi connectivity index (χ4n) is 2.78. The van der Waals surface area contributed by atoms with E-state index in [1.165, 1.54) is 17.6 Å². The number of hydrogen-bond acceptors (Lipinski definition) is 6. The van der Waals surface area contributed by atoms with E-state index in [1.807, 2.05) is 6.92 Å². The van der Waals surface area contributed by atoms with Crippen molar-refractivity contribution < 1.29 is 14.1 Å². The van der Waals surface area contributed by atoms with Gasteiger partial charge in [0.15, 0.2) is 10.9 Å². The number of rotatable bonds is 4. The number of nitrogens with one attached hydrogen (secondary N) is 2. The molecule has 1 aliphatic rings. The average molecular weight is 365 g/mol. The average Bonchev–Trinajstić information content (AvgIpc) is 3.10. The van der Waals surface area contributed by atoms with E-state index in [0.29, 0.717) is 23.1 Å². The molecule has 0 amide bonds. The van der Waals surface area contributed by atoms with Crippen molar-refractivity contribution in [3.63, 3.8) is 0 Å². The summed E-state index contributed by atoms with van der Waals surface area (Å²) in [6.07, 6.45) is 6.80. The van der Waals surface area contributed by atoms with Crippen LogP contribution in [0.2, 0.25) is 0 Å². The van der Waals surface area contributed by atoms with Crippen LogP contribution in [0.25, 0.3) is 0 Å². The molecule has 2 aromatic heterocycles. The molecule has 2 N–H and O–H groups in total. The van der Waals surface area contributed by atoms with Crippen LogP contribution in [0.5, 0.6) is 0 Å². The molecule has 24 heavy (non-hydrogen) atoms. The highest BCUT2D eigenvalue weighted by Crippen LogP contribution is 2.38. The number of esters is 1. The molecule has 2 aromatic rings. The minimum Gasteiger partial charge on any atom is -0.462 e. The van der Waals surface area contributed by atoms with Crippen molar-refractivity contribution >= 4 is 45.5 Å². The summed E-state index contributed by atoms with van der Waals surface area (Å²) in [5.41, 5.74) is 1.74. The van der Waals surface area contributed by atoms with Crippen LogP contribution < -0.4 is 10.6 Å². The standard InChI is InChI=1S/C16H19N3O3S2/c1-2-21-15(20)13-10-6-4-3-5-7-11(10)24-14(13)18-16(23)17-12-8-9-22-19-12/h8-9H,2-7H2,1H3,(H2,17,18,19,23). The van der Waals surface area contributed by atoms with Gasteiger partial charge in [0, 0.05) is 10.9 Å². The molecule has 0 bridgehead atoms. The van der Waals surface area contributed by atoms with Gasteiger partial charge in [0.1, 0.15) is 11.3 Å². The summed E-state index contributed by atoms with van der Waals surface area (Å²) < 4.78 is 10.0. The Labute approximate surface area is 149 Å². The lowest BCUT2D eigenvalue weighted by Crippen LogP contribution is -2.20. The van der Waals surface area contributed by atoms with Crippen LogP contribution in [0.1, 0.15) is 47.0 Å². The van der Waals surface area contributed by atoms with Crippen LogP contribution in [0.3, 0.4) is 0 Å². The summed E-state index contributed by atoms with van der Waals surface area (Å²) in [7, 11) is 0. The fraction of sp³-hybridized carbons (Fsp3) is 0.438. The zero-order valence-corrected chi connectivity index (χ0v) is 15.0. The molecule has 6 nitrogen and oxygen atoms in total. The molecule has 2 heterocycles. The Balaban J connectivity index is 1.85. The van der Waals surface area contributed by atoms with Crippen molar-refractivity contribution in [3.05, 3.63) is 28.3 Å². The third-order valence-corrected chi connectivity index (χ3v) is 5.22. The lowest BCUT2D eigenvalue weighted by Gasteiger charge is -2.10. The summed E-state index contributed by atoms with van der Waals surface area (Å²) in [6, 6.07) is 1.67. The van der Waals surface area contributed by atoms with Crippen molar-refractivity contribution in [2.24, 2.45) is 0 Å². The zero-order valence-electron chi connectivity index (χ0n) is 13.4. The molecular weight excluding hydrogens is 346 g/mol. The van der Waals surface area contributed by atoms with Gasteiger partial charge in [-0.1, -0.05) is 11.6 Å². The molecule has 0 aliphatic heterocycles. The summed E-state index contributed by atoms with van der Waals surface area (Å²) in [5.74, 6) is 0.229. The second-order valence-electron chi connectivity index (χ2n) is 5.45. The van der Waals surface area contributed by atoms with Crippen molar-refractivity contribution in [1.82, 2.24) is 5.16 Å². The molecule has 0 aromatic carbocycles. The van der Waals surface area contributed by atoms with E-state index >= 15 is 0 Å². The topological polar surface area (TPSA) is 76.4 Å². The van der Waals surface area contributed by atoms with E-state index < -0.39 is 0 Å². The van der Waals surface area contributed by atoms with Gasteiger partial charge in [0.05, 0.1) is 12.2 Å². The van der Waals surface area contributed by atoms with Gasteiger partial charge in [-0.3, -0.25) is 0 Å². The van der Waals surface area contributed by atoms with Crippen LogP contribution in [0, 0.1) is 0 Å². The number of hydrogen-bond donors (Lipinski definition) is 2. The summed E-state index contributed by atoms with van der Waals surface area (Å²) >= 11 is 6.90. The lowest BCUT2D eigenvalue weighted by atomic mass is 10.1. The highest BCUT2D eigenvalue weighted by Gasteiger charge is 2.26. The third kappa shape index (κ3) is 3.76. The first-order valence-corrected chi connectivity index (χ1v) is 9.21. The van der Waals surface area contributed by atoms with Crippen molar-refractivity contribution in [1.29, 1.82) is 0 Å². The van der Waals surface area contributed by atoms with E-state index in [4.69, 9.17) is 21.5 Å². The fourth-order valence-corrected chi connectivity index (χ4v) is 4.33. The molecule has 3 rings (SSSR count). The van der Waals surface area contributed by atoms with Gasteiger partial charge in [-0.15, -0.1) is 11.3 Å². The minimum absolute atomic E-state index is 0.288. The maximum absolute atomic E-state index is 12.5. The quantitative estimate of drug-likeness (QED) is 0.482. The van der Waals surface area contributed by atoms with Gasteiger partial charge in [-0.25, -0.2) is 4.79 Å². The van der Waals surface area contributed by atoms with E-state index in [1.54, 1.807) is 17.4 Å². The predicted molar refractivity (Wildman–Crippen MR) is 97.9 cm³/mol. The second-order valence-corrected chi connectivity index (χ2v) is 6.97. The molecule has 0 atom stereocenters. The zero-order chi connectivity index (χ0) is 16.9. The number of thiocarbonyl (C=S) groups is 1. The molecule has 0 saturated heterocycles. The van der Waals surface area contributed by atoms with Crippen LogP contribution in [-0.2, 0) is 17.6 Å². The minimum atomic E-state index is -0.288.